The summed E-state index contributed by atoms with van der Waals surface area (Å²) in [5.41, 5.74) is 5.02. The number of benzene rings is 1. The highest BCUT2D eigenvalue weighted by Crippen LogP contribution is 2.17. The monoisotopic (exact) mass is 357 g/mol. The summed E-state index contributed by atoms with van der Waals surface area (Å²) in [6.07, 6.45) is 6.32. The molecule has 5 aromatic heterocycles. The number of pyridine rings is 2. The minimum Gasteiger partial charge on any atom is -0.441 e. The maximum atomic E-state index is 5.68. The molecule has 6 rings (SSSR count). The summed E-state index contributed by atoms with van der Waals surface area (Å²) in [4.78, 5) is 13.0. The largest absolute Gasteiger partial charge is 0.441 e. The lowest BCUT2D eigenvalue weighted by molar-refractivity contribution is -0.578. The zero-order valence-electron chi connectivity index (χ0n) is 13.8. The Balaban J connectivity index is 1.50. The van der Waals surface area contributed by atoms with Crippen molar-refractivity contribution in [3.63, 3.8) is 0 Å². The molecule has 8 nitrogen and oxygen atoms in total. The van der Waals surface area contributed by atoms with Crippen LogP contribution in [-0.4, -0.2) is 15.0 Å². The molecule has 0 radical (unpaired) electrons. The second-order valence-corrected chi connectivity index (χ2v) is 6.02. The number of rotatable bonds is 2. The van der Waals surface area contributed by atoms with Crippen molar-refractivity contribution in [2.75, 3.05) is 0 Å². The summed E-state index contributed by atoms with van der Waals surface area (Å²) < 4.78 is 20.3. The number of fused-ring (bicyclic) bond motifs is 3. The van der Waals surface area contributed by atoms with Gasteiger partial charge >= 0.3 is 23.4 Å². The van der Waals surface area contributed by atoms with E-state index in [1.165, 1.54) is 6.39 Å². The van der Waals surface area contributed by atoms with Crippen molar-refractivity contribution in [1.82, 2.24) is 15.0 Å². The molecular weight excluding hydrogens is 346 g/mol. The number of aromatic nitrogens is 5. The van der Waals surface area contributed by atoms with Gasteiger partial charge in [0.1, 0.15) is 6.20 Å². The Kier molecular flexibility index (Phi) is 2.73. The standard InChI is InChI=1S/C19H11N5O3/c1-2-4-15-13(3-1)24(11-26-15)17-6-5-14-19(22-17)27-10-23(14)12-7-16-18(20-8-12)21-9-25-16/h1-11H/q+2. The smallest absolute Gasteiger partial charge is 0.411 e. The van der Waals surface area contributed by atoms with Gasteiger partial charge in [-0.1, -0.05) is 12.1 Å². The third-order valence-corrected chi connectivity index (χ3v) is 4.46. The summed E-state index contributed by atoms with van der Waals surface area (Å²) in [7, 11) is 0. The van der Waals surface area contributed by atoms with Crippen molar-refractivity contribution in [2.45, 2.75) is 0 Å². The first-order chi connectivity index (χ1) is 13.4. The lowest BCUT2D eigenvalue weighted by Crippen LogP contribution is -2.31. The van der Waals surface area contributed by atoms with Crippen LogP contribution in [0.3, 0.4) is 0 Å². The Morgan fingerprint density at radius 3 is 2.70 bits per heavy atom. The molecule has 27 heavy (non-hydrogen) atoms. The zero-order chi connectivity index (χ0) is 17.8. The molecule has 0 amide bonds. The van der Waals surface area contributed by atoms with E-state index in [4.69, 9.17) is 13.3 Å². The predicted octanol–water partition coefficient (Wildman–Crippen LogP) is 2.66. The Hall–Kier alpha value is -4.07. The Morgan fingerprint density at radius 2 is 1.70 bits per heavy atom. The maximum absolute atomic E-state index is 5.68. The normalized spacial score (nSPS) is 11.7. The highest BCUT2D eigenvalue weighted by molar-refractivity contribution is 5.71. The van der Waals surface area contributed by atoms with Crippen LogP contribution in [0.5, 0.6) is 0 Å². The van der Waals surface area contributed by atoms with E-state index in [0.717, 1.165) is 22.3 Å². The lowest BCUT2D eigenvalue weighted by atomic mass is 10.3. The number of hydrogen-bond donors (Lipinski definition) is 0. The van der Waals surface area contributed by atoms with Crippen molar-refractivity contribution >= 4 is 33.6 Å². The van der Waals surface area contributed by atoms with Crippen LogP contribution in [0, 0.1) is 0 Å². The van der Waals surface area contributed by atoms with E-state index < -0.39 is 0 Å². The molecule has 6 aromatic rings. The van der Waals surface area contributed by atoms with Gasteiger partial charge in [0.15, 0.2) is 28.7 Å². The second kappa shape index (κ2) is 5.21. The first kappa shape index (κ1) is 14.1. The number of hydrogen-bond acceptors (Lipinski definition) is 6. The minimum absolute atomic E-state index is 0.503. The van der Waals surface area contributed by atoms with Crippen LogP contribution < -0.4 is 9.13 Å². The Bertz CT molecular complexity index is 1450. The van der Waals surface area contributed by atoms with Crippen molar-refractivity contribution in [3.8, 4) is 11.5 Å². The van der Waals surface area contributed by atoms with Gasteiger partial charge in [0.25, 0.3) is 6.39 Å². The second-order valence-electron chi connectivity index (χ2n) is 6.02. The fourth-order valence-corrected chi connectivity index (χ4v) is 3.16. The van der Waals surface area contributed by atoms with E-state index in [1.54, 1.807) is 19.0 Å². The maximum Gasteiger partial charge on any atom is 0.411 e. The lowest BCUT2D eigenvalue weighted by Gasteiger charge is -1.92. The topological polar surface area (TPSA) is 85.9 Å². The highest BCUT2D eigenvalue weighted by Gasteiger charge is 2.25. The SMILES string of the molecule is c1ccc2c(c1)oc[n+]2-c1ccc2c(n1)oc[n+]2-c1cnc2ncoc2c1. The molecule has 0 atom stereocenters. The van der Waals surface area contributed by atoms with E-state index >= 15 is 0 Å². The molecule has 0 aliphatic rings. The van der Waals surface area contributed by atoms with Crippen LogP contribution in [0.1, 0.15) is 0 Å². The van der Waals surface area contributed by atoms with Crippen LogP contribution in [0.25, 0.3) is 45.1 Å². The molecule has 0 saturated heterocycles. The van der Waals surface area contributed by atoms with Gasteiger partial charge in [0.2, 0.25) is 5.69 Å². The van der Waals surface area contributed by atoms with Crippen LogP contribution in [0.4, 0.5) is 0 Å². The van der Waals surface area contributed by atoms with E-state index in [-0.39, 0.29) is 0 Å². The summed E-state index contributed by atoms with van der Waals surface area (Å²) >= 11 is 0. The van der Waals surface area contributed by atoms with E-state index in [1.807, 2.05) is 51.6 Å². The van der Waals surface area contributed by atoms with Gasteiger partial charge in [-0.15, -0.1) is 4.57 Å². The molecule has 0 aliphatic carbocycles. The van der Waals surface area contributed by atoms with Gasteiger partial charge in [0, 0.05) is 17.1 Å². The van der Waals surface area contributed by atoms with E-state index in [2.05, 4.69) is 15.0 Å². The highest BCUT2D eigenvalue weighted by atomic mass is 16.3. The van der Waals surface area contributed by atoms with E-state index in [0.29, 0.717) is 22.8 Å². The van der Waals surface area contributed by atoms with Crippen molar-refractivity contribution in [1.29, 1.82) is 0 Å². The van der Waals surface area contributed by atoms with Crippen molar-refractivity contribution in [2.24, 2.45) is 0 Å². The molecule has 0 unspecified atom stereocenters. The first-order valence-electron chi connectivity index (χ1n) is 8.25. The van der Waals surface area contributed by atoms with Gasteiger partial charge in [-0.25, -0.2) is 4.98 Å². The van der Waals surface area contributed by atoms with Gasteiger partial charge in [-0.2, -0.15) is 9.55 Å². The van der Waals surface area contributed by atoms with E-state index in [9.17, 15) is 0 Å². The Labute approximate surface area is 150 Å². The van der Waals surface area contributed by atoms with Gasteiger partial charge in [-0.3, -0.25) is 0 Å². The molecule has 8 heteroatoms. The molecule has 0 spiro atoms. The molecule has 1 aromatic carbocycles. The summed E-state index contributed by atoms with van der Waals surface area (Å²) in [6.45, 7) is 0. The molecular formula is C19H11N5O3+2. The first-order valence-corrected chi connectivity index (χ1v) is 8.25. The van der Waals surface area contributed by atoms with Crippen LogP contribution in [0.15, 0.2) is 81.1 Å². The van der Waals surface area contributed by atoms with Crippen LogP contribution in [0.2, 0.25) is 0 Å². The molecule has 0 aliphatic heterocycles. The van der Waals surface area contributed by atoms with Crippen molar-refractivity contribution in [3.05, 3.63) is 67.8 Å². The fourth-order valence-electron chi connectivity index (χ4n) is 3.16. The minimum atomic E-state index is 0.503. The quantitative estimate of drug-likeness (QED) is 0.443. The summed E-state index contributed by atoms with van der Waals surface area (Å²) in [5, 5.41) is 0. The number of nitrogens with zero attached hydrogens (tertiary/aromatic N) is 5. The fraction of sp³-hybridized carbons (Fsp3) is 0. The third-order valence-electron chi connectivity index (χ3n) is 4.46. The molecule has 128 valence electrons. The van der Waals surface area contributed by atoms with Crippen LogP contribution in [-0.2, 0) is 0 Å². The van der Waals surface area contributed by atoms with Crippen molar-refractivity contribution < 1.29 is 22.4 Å². The van der Waals surface area contributed by atoms with Gasteiger partial charge in [0.05, 0.1) is 6.07 Å². The van der Waals surface area contributed by atoms with Gasteiger partial charge < -0.3 is 13.3 Å². The zero-order valence-corrected chi connectivity index (χ0v) is 13.8. The number of para-hydroxylation sites is 2. The molecule has 5 heterocycles. The Morgan fingerprint density at radius 1 is 0.778 bits per heavy atom. The molecule has 0 N–H and O–H groups in total. The predicted molar refractivity (Wildman–Crippen MR) is 92.2 cm³/mol. The third kappa shape index (κ3) is 2.07. The van der Waals surface area contributed by atoms with Gasteiger partial charge in [-0.05, 0) is 12.1 Å². The number of oxazole rings is 3. The average Bonchev–Trinajstić information content (AvgIpc) is 3.44. The average molecular weight is 357 g/mol. The molecule has 0 fully saturated rings. The summed E-state index contributed by atoms with van der Waals surface area (Å²) in [6, 6.07) is 13.5. The summed E-state index contributed by atoms with van der Waals surface area (Å²) in [5.74, 6) is 0.706. The van der Waals surface area contributed by atoms with Crippen LogP contribution >= 0.6 is 0 Å². The molecule has 0 bridgehead atoms. The molecule has 0 saturated carbocycles.